The number of aryl methyl sites for hydroxylation is 1. The van der Waals surface area contributed by atoms with Crippen molar-refractivity contribution in [2.45, 2.75) is 20.0 Å². The summed E-state index contributed by atoms with van der Waals surface area (Å²) in [7, 11) is 0. The summed E-state index contributed by atoms with van der Waals surface area (Å²) >= 11 is 0. The lowest BCUT2D eigenvalue weighted by Crippen LogP contribution is -2.05. The molecular formula is C16H18N6. The molecule has 0 spiro atoms. The molecule has 112 valence electrons. The lowest BCUT2D eigenvalue weighted by atomic mass is 10.2. The lowest BCUT2D eigenvalue weighted by Gasteiger charge is -2.05. The highest BCUT2D eigenvalue weighted by Crippen LogP contribution is 2.10. The van der Waals surface area contributed by atoms with Crippen LogP contribution in [-0.4, -0.2) is 19.7 Å². The zero-order chi connectivity index (χ0) is 15.4. The molecule has 3 N–H and O–H groups in total. The molecule has 0 bridgehead atoms. The topological polar surface area (TPSA) is 81.7 Å². The maximum Gasteiger partial charge on any atom is 0.224 e. The van der Waals surface area contributed by atoms with Crippen LogP contribution in [0.4, 0.5) is 11.8 Å². The molecule has 6 heteroatoms. The fourth-order valence-corrected chi connectivity index (χ4v) is 2.08. The van der Waals surface area contributed by atoms with Crippen molar-refractivity contribution < 1.29 is 0 Å². The van der Waals surface area contributed by atoms with E-state index in [1.807, 2.05) is 42.2 Å². The van der Waals surface area contributed by atoms with Gasteiger partial charge in [-0.25, -0.2) is 4.98 Å². The van der Waals surface area contributed by atoms with Gasteiger partial charge in [0.1, 0.15) is 5.82 Å². The van der Waals surface area contributed by atoms with E-state index in [2.05, 4.69) is 32.5 Å². The zero-order valence-electron chi connectivity index (χ0n) is 12.4. The van der Waals surface area contributed by atoms with Crippen LogP contribution in [0.2, 0.25) is 0 Å². The predicted molar refractivity (Wildman–Crippen MR) is 86.3 cm³/mol. The van der Waals surface area contributed by atoms with E-state index >= 15 is 0 Å². The zero-order valence-corrected chi connectivity index (χ0v) is 12.4. The van der Waals surface area contributed by atoms with Crippen molar-refractivity contribution in [3.05, 3.63) is 65.6 Å². The van der Waals surface area contributed by atoms with E-state index in [0.29, 0.717) is 18.3 Å². The highest BCUT2D eigenvalue weighted by atomic mass is 15.3. The van der Waals surface area contributed by atoms with Gasteiger partial charge < -0.3 is 11.1 Å². The molecule has 0 atom stereocenters. The second kappa shape index (κ2) is 6.26. The third kappa shape index (κ3) is 3.41. The SMILES string of the molecule is Cc1cnc(NCc2cnn(Cc3ccccc3)c2)nc1N. The Morgan fingerprint density at radius 2 is 1.95 bits per heavy atom. The van der Waals surface area contributed by atoms with E-state index < -0.39 is 0 Å². The standard InChI is InChI=1S/C16H18N6/c1-12-7-18-16(21-15(12)17)19-8-14-9-20-22(11-14)10-13-5-3-2-4-6-13/h2-7,9,11H,8,10H2,1H3,(H3,17,18,19,21). The highest BCUT2D eigenvalue weighted by Gasteiger charge is 2.03. The van der Waals surface area contributed by atoms with Gasteiger partial charge in [0.25, 0.3) is 0 Å². The van der Waals surface area contributed by atoms with Crippen molar-refractivity contribution in [3.8, 4) is 0 Å². The molecule has 0 unspecified atom stereocenters. The Hall–Kier alpha value is -2.89. The third-order valence-electron chi connectivity index (χ3n) is 3.34. The quantitative estimate of drug-likeness (QED) is 0.754. The van der Waals surface area contributed by atoms with Gasteiger partial charge in [-0.15, -0.1) is 0 Å². The second-order valence-electron chi connectivity index (χ2n) is 5.15. The van der Waals surface area contributed by atoms with Crippen LogP contribution in [0.15, 0.2) is 48.9 Å². The number of benzene rings is 1. The van der Waals surface area contributed by atoms with E-state index in [0.717, 1.165) is 17.7 Å². The minimum atomic E-state index is 0.497. The van der Waals surface area contributed by atoms with E-state index in [4.69, 9.17) is 5.73 Å². The molecule has 0 aliphatic heterocycles. The number of nitrogen functional groups attached to an aromatic ring is 1. The van der Waals surface area contributed by atoms with Crippen molar-refractivity contribution in [2.75, 3.05) is 11.1 Å². The molecule has 0 amide bonds. The molecule has 0 aliphatic carbocycles. The van der Waals surface area contributed by atoms with Crippen molar-refractivity contribution in [3.63, 3.8) is 0 Å². The van der Waals surface area contributed by atoms with Crippen LogP contribution in [-0.2, 0) is 13.1 Å². The Bertz CT molecular complexity index is 750. The second-order valence-corrected chi connectivity index (χ2v) is 5.15. The summed E-state index contributed by atoms with van der Waals surface area (Å²) in [5.41, 5.74) is 8.94. The molecular weight excluding hydrogens is 276 g/mol. The van der Waals surface area contributed by atoms with Gasteiger partial charge in [-0.3, -0.25) is 4.68 Å². The lowest BCUT2D eigenvalue weighted by molar-refractivity contribution is 0.686. The minimum Gasteiger partial charge on any atom is -0.383 e. The van der Waals surface area contributed by atoms with Gasteiger partial charge in [-0.2, -0.15) is 10.1 Å². The summed E-state index contributed by atoms with van der Waals surface area (Å²) in [6.07, 6.45) is 5.56. The molecule has 0 aliphatic rings. The predicted octanol–water partition coefficient (Wildman–Crippen LogP) is 2.22. The highest BCUT2D eigenvalue weighted by molar-refractivity contribution is 5.42. The molecule has 2 heterocycles. The van der Waals surface area contributed by atoms with Crippen molar-refractivity contribution in [1.82, 2.24) is 19.7 Å². The fraction of sp³-hybridized carbons (Fsp3) is 0.188. The van der Waals surface area contributed by atoms with E-state index in [-0.39, 0.29) is 0 Å². The average Bonchev–Trinajstić information content (AvgIpc) is 2.97. The van der Waals surface area contributed by atoms with Gasteiger partial charge in [-0.05, 0) is 12.5 Å². The maximum atomic E-state index is 5.77. The summed E-state index contributed by atoms with van der Waals surface area (Å²) in [6, 6.07) is 10.2. The van der Waals surface area contributed by atoms with Gasteiger partial charge in [0.05, 0.1) is 12.7 Å². The molecule has 0 saturated heterocycles. The van der Waals surface area contributed by atoms with Crippen LogP contribution in [0.5, 0.6) is 0 Å². The molecule has 2 aromatic heterocycles. The number of nitrogens with one attached hydrogen (secondary N) is 1. The monoisotopic (exact) mass is 294 g/mol. The largest absolute Gasteiger partial charge is 0.383 e. The van der Waals surface area contributed by atoms with Gasteiger partial charge in [0.2, 0.25) is 5.95 Å². The van der Waals surface area contributed by atoms with Crippen LogP contribution in [0.25, 0.3) is 0 Å². The van der Waals surface area contributed by atoms with Gasteiger partial charge in [0, 0.05) is 30.1 Å². The first-order valence-electron chi connectivity index (χ1n) is 7.09. The first kappa shape index (κ1) is 14.1. The number of hydrogen-bond donors (Lipinski definition) is 2. The molecule has 3 rings (SSSR count). The maximum absolute atomic E-state index is 5.77. The Morgan fingerprint density at radius 1 is 1.14 bits per heavy atom. The first-order chi connectivity index (χ1) is 10.7. The van der Waals surface area contributed by atoms with Crippen molar-refractivity contribution in [1.29, 1.82) is 0 Å². The van der Waals surface area contributed by atoms with Gasteiger partial charge in [0.15, 0.2) is 0 Å². The fourth-order valence-electron chi connectivity index (χ4n) is 2.08. The van der Waals surface area contributed by atoms with Crippen LogP contribution in [0, 0.1) is 6.92 Å². The Morgan fingerprint density at radius 3 is 2.73 bits per heavy atom. The molecule has 0 radical (unpaired) electrons. The average molecular weight is 294 g/mol. The van der Waals surface area contributed by atoms with Crippen LogP contribution < -0.4 is 11.1 Å². The molecule has 1 aromatic carbocycles. The van der Waals surface area contributed by atoms with Crippen LogP contribution >= 0.6 is 0 Å². The molecule has 3 aromatic rings. The summed E-state index contributed by atoms with van der Waals surface area (Å²) in [4.78, 5) is 8.39. The Labute approximate surface area is 129 Å². The number of nitrogens with zero attached hydrogens (tertiary/aromatic N) is 4. The molecule has 22 heavy (non-hydrogen) atoms. The summed E-state index contributed by atoms with van der Waals surface area (Å²) < 4.78 is 1.91. The van der Waals surface area contributed by atoms with Crippen molar-refractivity contribution in [2.24, 2.45) is 0 Å². The van der Waals surface area contributed by atoms with Gasteiger partial charge in [-0.1, -0.05) is 30.3 Å². The molecule has 0 saturated carbocycles. The smallest absolute Gasteiger partial charge is 0.224 e. The third-order valence-corrected chi connectivity index (χ3v) is 3.34. The first-order valence-corrected chi connectivity index (χ1v) is 7.09. The number of hydrogen-bond acceptors (Lipinski definition) is 5. The number of aromatic nitrogens is 4. The molecule has 6 nitrogen and oxygen atoms in total. The van der Waals surface area contributed by atoms with Crippen LogP contribution in [0.1, 0.15) is 16.7 Å². The summed E-state index contributed by atoms with van der Waals surface area (Å²) in [5, 5.41) is 7.52. The van der Waals surface area contributed by atoms with E-state index in [1.165, 1.54) is 5.56 Å². The Balaban J connectivity index is 1.61. The normalized spacial score (nSPS) is 10.6. The number of anilines is 2. The number of nitrogens with two attached hydrogens (primary N) is 1. The minimum absolute atomic E-state index is 0.497. The van der Waals surface area contributed by atoms with Gasteiger partial charge >= 0.3 is 0 Å². The summed E-state index contributed by atoms with van der Waals surface area (Å²) in [6.45, 7) is 3.25. The molecule has 0 fully saturated rings. The Kier molecular flexibility index (Phi) is 4.00. The van der Waals surface area contributed by atoms with E-state index in [1.54, 1.807) is 6.20 Å². The number of rotatable bonds is 5. The van der Waals surface area contributed by atoms with E-state index in [9.17, 15) is 0 Å². The van der Waals surface area contributed by atoms with Crippen LogP contribution in [0.3, 0.4) is 0 Å². The summed E-state index contributed by atoms with van der Waals surface area (Å²) in [5.74, 6) is 1.02. The van der Waals surface area contributed by atoms with Crippen molar-refractivity contribution >= 4 is 11.8 Å².